The molecule has 4 heteroatoms. The molecule has 0 radical (unpaired) electrons. The third kappa shape index (κ3) is 3.37. The maximum absolute atomic E-state index is 11.9. The Labute approximate surface area is 123 Å². The smallest absolute Gasteiger partial charge is 0.252 e. The van der Waals surface area contributed by atoms with Gasteiger partial charge in [0.2, 0.25) is 0 Å². The van der Waals surface area contributed by atoms with Gasteiger partial charge in [0.1, 0.15) is 6.61 Å². The fraction of sp³-hybridized carbons (Fsp3) is 0.533. The van der Waals surface area contributed by atoms with Crippen LogP contribution in [0.5, 0.6) is 0 Å². The third-order valence-electron chi connectivity index (χ3n) is 3.51. The van der Waals surface area contributed by atoms with E-state index in [1.54, 1.807) is 7.11 Å². The first-order valence-electron chi connectivity index (χ1n) is 6.71. The second-order valence-electron chi connectivity index (χ2n) is 4.90. The van der Waals surface area contributed by atoms with E-state index in [9.17, 15) is 4.79 Å². The van der Waals surface area contributed by atoms with Crippen LogP contribution in [0, 0.1) is 0 Å². The monoisotopic (exact) mass is 325 g/mol. The summed E-state index contributed by atoms with van der Waals surface area (Å²) in [5, 5.41) is 0. The molecule has 104 valence electrons. The fourth-order valence-corrected chi connectivity index (χ4v) is 2.82. The number of nitrogens with zero attached hydrogens (tertiary/aromatic N) is 1. The lowest BCUT2D eigenvalue weighted by Crippen LogP contribution is -2.31. The zero-order valence-corrected chi connectivity index (χ0v) is 13.1. The summed E-state index contributed by atoms with van der Waals surface area (Å²) >= 11 is 3.67. The van der Waals surface area contributed by atoms with Crippen molar-refractivity contribution in [2.24, 2.45) is 0 Å². The molecule has 0 N–H and O–H groups in total. The molecule has 1 amide bonds. The minimum absolute atomic E-state index is 0.0425. The molecular formula is C15H20BrNO2. The molecule has 0 spiro atoms. The number of halogens is 1. The van der Waals surface area contributed by atoms with Crippen LogP contribution in [-0.2, 0) is 22.4 Å². The van der Waals surface area contributed by atoms with Gasteiger partial charge in [-0.25, -0.2) is 0 Å². The maximum atomic E-state index is 11.9. The Kier molecular flexibility index (Phi) is 4.99. The first kappa shape index (κ1) is 14.5. The summed E-state index contributed by atoms with van der Waals surface area (Å²) in [7, 11) is 1.55. The van der Waals surface area contributed by atoms with Crippen molar-refractivity contribution in [3.8, 4) is 0 Å². The van der Waals surface area contributed by atoms with Crippen molar-refractivity contribution < 1.29 is 9.53 Å². The lowest BCUT2D eigenvalue weighted by molar-refractivity contribution is -0.122. The highest BCUT2D eigenvalue weighted by Crippen LogP contribution is 2.29. The number of alkyl halides is 1. The molecule has 1 heterocycles. The van der Waals surface area contributed by atoms with Gasteiger partial charge in [0.05, 0.1) is 0 Å². The lowest BCUT2D eigenvalue weighted by atomic mass is 10.0. The number of ether oxygens (including phenoxy) is 1. The van der Waals surface area contributed by atoms with Crippen LogP contribution >= 0.6 is 15.9 Å². The van der Waals surface area contributed by atoms with Gasteiger partial charge in [-0.1, -0.05) is 35.0 Å². The Morgan fingerprint density at radius 3 is 3.00 bits per heavy atom. The molecule has 1 aromatic rings. The Morgan fingerprint density at radius 1 is 1.53 bits per heavy atom. The van der Waals surface area contributed by atoms with Gasteiger partial charge in [0.15, 0.2) is 0 Å². The number of amides is 1. The minimum atomic E-state index is 0.0425. The van der Waals surface area contributed by atoms with Gasteiger partial charge < -0.3 is 9.64 Å². The van der Waals surface area contributed by atoms with Crippen molar-refractivity contribution in [1.29, 1.82) is 0 Å². The van der Waals surface area contributed by atoms with E-state index in [4.69, 9.17) is 4.74 Å². The SMILES string of the molecule is CCC(Br)Cc1ccc2c(c1)CCN2C(=O)COC. The third-order valence-corrected chi connectivity index (χ3v) is 4.48. The maximum Gasteiger partial charge on any atom is 0.252 e. The number of benzene rings is 1. The van der Waals surface area contributed by atoms with Gasteiger partial charge in [-0.2, -0.15) is 0 Å². The summed E-state index contributed by atoms with van der Waals surface area (Å²) in [5.41, 5.74) is 3.66. The van der Waals surface area contributed by atoms with Crippen LogP contribution in [0.2, 0.25) is 0 Å². The molecule has 0 bridgehead atoms. The summed E-state index contributed by atoms with van der Waals surface area (Å²) in [6, 6.07) is 6.43. The van der Waals surface area contributed by atoms with Crippen LogP contribution in [0.1, 0.15) is 24.5 Å². The molecule has 19 heavy (non-hydrogen) atoms. The number of methoxy groups -OCH3 is 1. The fourth-order valence-electron chi connectivity index (χ4n) is 2.44. The van der Waals surface area contributed by atoms with Crippen molar-refractivity contribution in [1.82, 2.24) is 0 Å². The van der Waals surface area contributed by atoms with Crippen molar-refractivity contribution in [2.75, 3.05) is 25.2 Å². The molecule has 1 aliphatic heterocycles. The number of rotatable bonds is 5. The number of hydrogen-bond donors (Lipinski definition) is 0. The molecule has 0 fully saturated rings. The Morgan fingerprint density at radius 2 is 2.32 bits per heavy atom. The molecule has 1 unspecified atom stereocenters. The highest BCUT2D eigenvalue weighted by Gasteiger charge is 2.24. The second-order valence-corrected chi connectivity index (χ2v) is 6.20. The summed E-state index contributed by atoms with van der Waals surface area (Å²) < 4.78 is 4.92. The molecule has 2 rings (SSSR count). The van der Waals surface area contributed by atoms with E-state index in [0.29, 0.717) is 4.83 Å². The Hall–Kier alpha value is -0.870. The average Bonchev–Trinajstić information content (AvgIpc) is 2.82. The molecule has 0 aliphatic carbocycles. The highest BCUT2D eigenvalue weighted by atomic mass is 79.9. The van der Waals surface area contributed by atoms with E-state index in [1.165, 1.54) is 11.1 Å². The lowest BCUT2D eigenvalue weighted by Gasteiger charge is -2.17. The van der Waals surface area contributed by atoms with Gasteiger partial charge >= 0.3 is 0 Å². The number of carbonyl (C=O) groups is 1. The Bertz CT molecular complexity index is 461. The predicted molar refractivity (Wildman–Crippen MR) is 81.1 cm³/mol. The molecule has 0 saturated heterocycles. The largest absolute Gasteiger partial charge is 0.375 e. The first-order valence-corrected chi connectivity index (χ1v) is 7.62. The van der Waals surface area contributed by atoms with Crippen LogP contribution in [0.25, 0.3) is 0 Å². The Balaban J connectivity index is 2.13. The van der Waals surface area contributed by atoms with Crippen molar-refractivity contribution >= 4 is 27.5 Å². The van der Waals surface area contributed by atoms with Gasteiger partial charge in [-0.05, 0) is 36.5 Å². The highest BCUT2D eigenvalue weighted by molar-refractivity contribution is 9.09. The summed E-state index contributed by atoms with van der Waals surface area (Å²) in [5.74, 6) is 0.0425. The van der Waals surface area contributed by atoms with Crippen LogP contribution in [0.4, 0.5) is 5.69 Å². The summed E-state index contributed by atoms with van der Waals surface area (Å²) in [4.78, 5) is 14.3. The topological polar surface area (TPSA) is 29.5 Å². The van der Waals surface area contributed by atoms with Gasteiger partial charge in [0.25, 0.3) is 5.91 Å². The van der Waals surface area contributed by atoms with E-state index in [2.05, 4.69) is 41.1 Å². The normalized spacial score (nSPS) is 15.4. The van der Waals surface area contributed by atoms with Crippen molar-refractivity contribution in [3.05, 3.63) is 29.3 Å². The zero-order valence-electron chi connectivity index (χ0n) is 11.5. The number of fused-ring (bicyclic) bond motifs is 1. The van der Waals surface area contributed by atoms with Gasteiger partial charge in [-0.15, -0.1) is 0 Å². The summed E-state index contributed by atoms with van der Waals surface area (Å²) in [6.45, 7) is 3.10. The molecule has 3 nitrogen and oxygen atoms in total. The predicted octanol–water partition coefficient (Wildman–Crippen LogP) is 2.94. The van der Waals surface area contributed by atoms with E-state index in [0.717, 1.165) is 31.5 Å². The number of carbonyl (C=O) groups excluding carboxylic acids is 1. The van der Waals surface area contributed by atoms with Crippen LogP contribution in [0.15, 0.2) is 18.2 Å². The molecule has 0 saturated carbocycles. The minimum Gasteiger partial charge on any atom is -0.375 e. The van der Waals surface area contributed by atoms with E-state index < -0.39 is 0 Å². The second kappa shape index (κ2) is 6.53. The van der Waals surface area contributed by atoms with Crippen molar-refractivity contribution in [2.45, 2.75) is 31.0 Å². The van der Waals surface area contributed by atoms with Crippen LogP contribution < -0.4 is 4.90 Å². The van der Waals surface area contributed by atoms with Crippen LogP contribution in [-0.4, -0.2) is 31.0 Å². The molecule has 1 aliphatic rings. The van der Waals surface area contributed by atoms with E-state index in [1.807, 2.05) is 4.90 Å². The van der Waals surface area contributed by atoms with Gasteiger partial charge in [0, 0.05) is 24.2 Å². The first-order chi connectivity index (χ1) is 9.15. The number of anilines is 1. The summed E-state index contributed by atoms with van der Waals surface area (Å²) in [6.07, 6.45) is 3.10. The number of hydrogen-bond acceptors (Lipinski definition) is 2. The van der Waals surface area contributed by atoms with Gasteiger partial charge in [-0.3, -0.25) is 4.79 Å². The molecule has 1 atom stereocenters. The zero-order chi connectivity index (χ0) is 13.8. The van der Waals surface area contributed by atoms with Crippen LogP contribution in [0.3, 0.4) is 0 Å². The van der Waals surface area contributed by atoms with E-state index in [-0.39, 0.29) is 12.5 Å². The quantitative estimate of drug-likeness (QED) is 0.779. The van der Waals surface area contributed by atoms with E-state index >= 15 is 0 Å². The molecular weight excluding hydrogens is 306 g/mol. The molecule has 1 aromatic carbocycles. The standard InChI is InChI=1S/C15H20BrNO2/c1-3-13(16)9-11-4-5-14-12(8-11)6-7-17(14)15(18)10-19-2/h4-5,8,13H,3,6-7,9-10H2,1-2H3. The average molecular weight is 326 g/mol. The van der Waals surface area contributed by atoms with Crippen molar-refractivity contribution in [3.63, 3.8) is 0 Å². The molecule has 0 aromatic heterocycles.